The number of thiazole rings is 2. The topological polar surface area (TPSA) is 86.1 Å². The van der Waals surface area contributed by atoms with Crippen LogP contribution in [-0.2, 0) is 17.6 Å². The summed E-state index contributed by atoms with van der Waals surface area (Å²) in [5.74, 6) is -1.13. The summed E-state index contributed by atoms with van der Waals surface area (Å²) < 4.78 is 0. The largest absolute Gasteiger partial charge is 0.550 e. The van der Waals surface area contributed by atoms with E-state index in [1.54, 1.807) is 5.38 Å². The summed E-state index contributed by atoms with van der Waals surface area (Å²) in [4.78, 5) is 20.2. The van der Waals surface area contributed by atoms with Crippen molar-refractivity contribution in [1.82, 2.24) is 9.97 Å². The summed E-state index contributed by atoms with van der Waals surface area (Å²) in [6, 6.07) is 9.46. The van der Waals surface area contributed by atoms with Crippen LogP contribution in [0.15, 0.2) is 35.7 Å². The van der Waals surface area contributed by atoms with E-state index < -0.39 is 5.97 Å². The van der Waals surface area contributed by atoms with Crippen molar-refractivity contribution in [3.63, 3.8) is 0 Å². The summed E-state index contributed by atoms with van der Waals surface area (Å²) in [7, 11) is 0. The van der Waals surface area contributed by atoms with Gasteiger partial charge in [-0.1, -0.05) is 30.3 Å². The van der Waals surface area contributed by atoms with Crippen molar-refractivity contribution in [3.8, 4) is 17.1 Å². The highest BCUT2D eigenvalue weighted by Gasteiger charge is 2.14. The maximum absolute atomic E-state index is 10.9. The van der Waals surface area contributed by atoms with Gasteiger partial charge in [-0.15, -0.1) is 22.7 Å². The van der Waals surface area contributed by atoms with Gasteiger partial charge in [-0.2, -0.15) is 0 Å². The lowest BCUT2D eigenvalue weighted by molar-refractivity contribution is -0.304. The van der Waals surface area contributed by atoms with Crippen molar-refractivity contribution in [1.29, 1.82) is 0 Å². The standard InChI is InChI=1S/C15H12N2O3S2/c18-11-8-21-12(16-11)7-13-17-15(9-4-2-1-3-5-9)10(22-13)6-14(19)20/h1-5,8,18H,6-7H2,(H,19,20)/p-1. The summed E-state index contributed by atoms with van der Waals surface area (Å²) in [6.45, 7) is 0. The minimum atomic E-state index is -1.13. The Morgan fingerprint density at radius 1 is 1.18 bits per heavy atom. The summed E-state index contributed by atoms with van der Waals surface area (Å²) in [5, 5.41) is 23.3. The lowest BCUT2D eigenvalue weighted by Gasteiger charge is -2.02. The lowest BCUT2D eigenvalue weighted by atomic mass is 10.1. The Hall–Kier alpha value is -2.25. The van der Waals surface area contributed by atoms with E-state index in [0.717, 1.165) is 15.6 Å². The van der Waals surface area contributed by atoms with Crippen LogP contribution in [0, 0.1) is 0 Å². The van der Waals surface area contributed by atoms with Crippen LogP contribution in [0.2, 0.25) is 0 Å². The van der Waals surface area contributed by atoms with E-state index in [0.29, 0.717) is 17.0 Å². The molecule has 5 nitrogen and oxygen atoms in total. The van der Waals surface area contributed by atoms with Gasteiger partial charge >= 0.3 is 0 Å². The minimum Gasteiger partial charge on any atom is -0.550 e. The smallest absolute Gasteiger partial charge is 0.222 e. The first kappa shape index (κ1) is 14.7. The molecule has 0 spiro atoms. The number of hydrogen-bond donors (Lipinski definition) is 1. The first-order chi connectivity index (χ1) is 10.6. The zero-order chi connectivity index (χ0) is 15.5. The molecule has 0 unspecified atom stereocenters. The number of carboxylic acids is 1. The molecule has 0 atom stereocenters. The number of aromatic nitrogens is 2. The highest BCUT2D eigenvalue weighted by molar-refractivity contribution is 7.12. The predicted molar refractivity (Wildman–Crippen MR) is 82.8 cm³/mol. The molecule has 0 saturated heterocycles. The molecule has 22 heavy (non-hydrogen) atoms. The molecule has 0 aliphatic carbocycles. The molecule has 0 saturated carbocycles. The normalized spacial score (nSPS) is 10.7. The van der Waals surface area contributed by atoms with Gasteiger partial charge in [0.2, 0.25) is 5.88 Å². The molecule has 0 radical (unpaired) electrons. The van der Waals surface area contributed by atoms with Gasteiger partial charge in [-0.05, 0) is 0 Å². The van der Waals surface area contributed by atoms with Gasteiger partial charge in [0.05, 0.1) is 17.5 Å². The molecule has 2 heterocycles. The molecule has 0 aliphatic heterocycles. The second-order valence-corrected chi connectivity index (χ2v) is 6.68. The Bertz CT molecular complexity index is 796. The fourth-order valence-corrected chi connectivity index (χ4v) is 3.89. The summed E-state index contributed by atoms with van der Waals surface area (Å²) >= 11 is 2.69. The Balaban J connectivity index is 1.95. The molecule has 3 aromatic rings. The number of rotatable bonds is 5. The number of aliphatic carboxylic acids is 1. The van der Waals surface area contributed by atoms with Gasteiger partial charge in [0.1, 0.15) is 10.0 Å². The Labute approximate surface area is 134 Å². The number of aromatic hydroxyl groups is 1. The second kappa shape index (κ2) is 6.25. The monoisotopic (exact) mass is 331 g/mol. The van der Waals surface area contributed by atoms with Crippen LogP contribution < -0.4 is 5.11 Å². The van der Waals surface area contributed by atoms with E-state index in [1.807, 2.05) is 30.3 Å². The molecule has 1 aromatic carbocycles. The molecular formula is C15H11N2O3S2-. The molecule has 0 fully saturated rings. The third-order valence-electron chi connectivity index (χ3n) is 2.94. The second-order valence-electron chi connectivity index (χ2n) is 4.57. The van der Waals surface area contributed by atoms with Crippen LogP contribution in [0.3, 0.4) is 0 Å². The molecule has 7 heteroatoms. The Kier molecular flexibility index (Phi) is 4.17. The van der Waals surface area contributed by atoms with Gasteiger partial charge in [0.25, 0.3) is 0 Å². The SMILES string of the molecule is O=C([O-])Cc1sc(Cc2nc(O)cs2)nc1-c1ccccc1. The van der Waals surface area contributed by atoms with E-state index in [9.17, 15) is 15.0 Å². The molecule has 3 rings (SSSR count). The highest BCUT2D eigenvalue weighted by Crippen LogP contribution is 2.30. The van der Waals surface area contributed by atoms with Gasteiger partial charge in [0, 0.05) is 22.8 Å². The first-order valence-corrected chi connectivity index (χ1v) is 8.18. The fourth-order valence-electron chi connectivity index (χ4n) is 2.06. The number of carboxylic acid groups (broad SMARTS) is 1. The fraction of sp³-hybridized carbons (Fsp3) is 0.133. The number of benzene rings is 1. The van der Waals surface area contributed by atoms with Crippen LogP contribution >= 0.6 is 22.7 Å². The minimum absolute atomic E-state index is 0.00482. The first-order valence-electron chi connectivity index (χ1n) is 6.49. The van der Waals surface area contributed by atoms with Gasteiger partial charge in [-0.3, -0.25) is 0 Å². The zero-order valence-corrected chi connectivity index (χ0v) is 13.0. The van der Waals surface area contributed by atoms with Crippen molar-refractivity contribution >= 4 is 28.6 Å². The maximum Gasteiger partial charge on any atom is 0.222 e. The molecular weight excluding hydrogens is 320 g/mol. The molecule has 0 bridgehead atoms. The summed E-state index contributed by atoms with van der Waals surface area (Å²) in [5.41, 5.74) is 1.55. The van der Waals surface area contributed by atoms with Crippen molar-refractivity contribution in [3.05, 3.63) is 50.6 Å². The number of nitrogens with zero attached hydrogens (tertiary/aromatic N) is 2. The maximum atomic E-state index is 10.9. The van der Waals surface area contributed by atoms with E-state index in [2.05, 4.69) is 9.97 Å². The van der Waals surface area contributed by atoms with E-state index >= 15 is 0 Å². The molecule has 2 aromatic heterocycles. The molecule has 1 N–H and O–H groups in total. The van der Waals surface area contributed by atoms with Crippen molar-refractivity contribution < 1.29 is 15.0 Å². The predicted octanol–water partition coefficient (Wildman–Crippen LogP) is 1.86. The van der Waals surface area contributed by atoms with Gasteiger partial charge in [-0.25, -0.2) is 9.97 Å². The zero-order valence-electron chi connectivity index (χ0n) is 11.4. The average molecular weight is 331 g/mol. The van der Waals surface area contributed by atoms with E-state index in [-0.39, 0.29) is 12.3 Å². The highest BCUT2D eigenvalue weighted by atomic mass is 32.1. The summed E-state index contributed by atoms with van der Waals surface area (Å²) in [6.07, 6.45) is 0.313. The average Bonchev–Trinajstić information content (AvgIpc) is 3.06. The number of carbonyl (C=O) groups is 1. The van der Waals surface area contributed by atoms with E-state index in [1.165, 1.54) is 22.7 Å². The van der Waals surface area contributed by atoms with Crippen LogP contribution in [0.1, 0.15) is 14.9 Å². The van der Waals surface area contributed by atoms with Gasteiger partial charge in [0.15, 0.2) is 0 Å². The van der Waals surface area contributed by atoms with Crippen molar-refractivity contribution in [2.24, 2.45) is 0 Å². The Morgan fingerprint density at radius 2 is 1.95 bits per heavy atom. The third-order valence-corrected chi connectivity index (χ3v) is 4.83. The number of hydrogen-bond acceptors (Lipinski definition) is 7. The van der Waals surface area contributed by atoms with Crippen LogP contribution in [0.25, 0.3) is 11.3 Å². The number of carbonyl (C=O) groups excluding carboxylic acids is 1. The molecule has 112 valence electrons. The Morgan fingerprint density at radius 3 is 2.59 bits per heavy atom. The van der Waals surface area contributed by atoms with E-state index in [4.69, 9.17) is 0 Å². The van der Waals surface area contributed by atoms with Gasteiger partial charge < -0.3 is 15.0 Å². The van der Waals surface area contributed by atoms with Crippen molar-refractivity contribution in [2.75, 3.05) is 0 Å². The third kappa shape index (κ3) is 3.32. The van der Waals surface area contributed by atoms with Crippen LogP contribution in [-0.4, -0.2) is 21.0 Å². The van der Waals surface area contributed by atoms with Crippen molar-refractivity contribution in [2.45, 2.75) is 12.8 Å². The lowest BCUT2D eigenvalue weighted by Crippen LogP contribution is -2.24. The van der Waals surface area contributed by atoms with Crippen LogP contribution in [0.4, 0.5) is 0 Å². The molecule has 0 amide bonds. The molecule has 0 aliphatic rings. The van der Waals surface area contributed by atoms with Crippen LogP contribution in [0.5, 0.6) is 5.88 Å². The quantitative estimate of drug-likeness (QED) is 0.771.